The zero-order chi connectivity index (χ0) is 52.2. The number of hydrogen-bond donors (Lipinski definition) is 4. The molecule has 0 aliphatic heterocycles. The molecule has 3 atom stereocenters. The van der Waals surface area contributed by atoms with E-state index < -0.39 is 18.2 Å². The summed E-state index contributed by atoms with van der Waals surface area (Å²) in [6.07, 6.45) is 84.5. The molecule has 0 aromatic rings. The lowest BCUT2D eigenvalue weighted by Gasteiger charge is -2.21. The monoisotopic (exact) mass is 1010 g/mol. The largest absolute Gasteiger partial charge is 0.394 e. The van der Waals surface area contributed by atoms with Gasteiger partial charge in [-0.1, -0.05) is 312 Å². The van der Waals surface area contributed by atoms with Crippen LogP contribution in [0, 0.1) is 0 Å². The summed E-state index contributed by atoms with van der Waals surface area (Å²) in [7, 11) is 0. The first kappa shape index (κ1) is 70.1. The van der Waals surface area contributed by atoms with Gasteiger partial charge in [0.1, 0.15) is 0 Å². The molecule has 0 heterocycles. The van der Waals surface area contributed by atoms with E-state index >= 15 is 0 Å². The number of carbonyl (C=O) groups is 1. The molecular formula is C67H125NO4. The van der Waals surface area contributed by atoms with E-state index in [9.17, 15) is 20.1 Å². The van der Waals surface area contributed by atoms with Crippen molar-refractivity contribution in [1.82, 2.24) is 5.32 Å². The van der Waals surface area contributed by atoms with E-state index in [1.807, 2.05) is 6.08 Å². The van der Waals surface area contributed by atoms with Crippen LogP contribution in [0.15, 0.2) is 60.8 Å². The standard InChI is InChI=1S/C67H125NO4/c1-3-5-7-9-11-13-15-17-19-21-23-25-27-29-30-31-32-33-34-35-36-37-38-40-42-44-46-48-50-52-54-56-58-60-64(70)62-67(72)68-65(63-69)66(71)61-59-57-55-53-51-49-47-45-43-41-39-28-26-24-22-20-18-16-14-12-10-8-6-4-2/h27,29,31-32,43,45,51,53,59,61,64-66,69-71H,3-26,28,30,33-42,44,46-50,52,54-58,60,62-63H2,1-2H3,(H,68,72)/b29-27-,32-31-,45-43+,53-51+,61-59+. The normalized spacial score (nSPS) is 13.6. The van der Waals surface area contributed by atoms with E-state index in [1.54, 1.807) is 6.08 Å². The minimum absolute atomic E-state index is 0.00178. The number of amides is 1. The fourth-order valence-electron chi connectivity index (χ4n) is 9.88. The van der Waals surface area contributed by atoms with Gasteiger partial charge in [0.15, 0.2) is 0 Å². The number of carbonyl (C=O) groups excluding carboxylic acids is 1. The number of aliphatic hydroxyl groups excluding tert-OH is 3. The Morgan fingerprint density at radius 1 is 0.361 bits per heavy atom. The highest BCUT2D eigenvalue weighted by molar-refractivity contribution is 5.76. The van der Waals surface area contributed by atoms with Crippen molar-refractivity contribution in [3.63, 3.8) is 0 Å². The lowest BCUT2D eigenvalue weighted by Crippen LogP contribution is -2.45. The average Bonchev–Trinajstić information content (AvgIpc) is 3.38. The highest BCUT2D eigenvalue weighted by Gasteiger charge is 2.20. The van der Waals surface area contributed by atoms with Gasteiger partial charge in [0.2, 0.25) is 5.91 Å². The average molecular weight is 1010 g/mol. The predicted octanol–water partition coefficient (Wildman–Crippen LogP) is 20.5. The summed E-state index contributed by atoms with van der Waals surface area (Å²) in [6, 6.07) is -0.771. The molecule has 0 saturated carbocycles. The molecule has 4 N–H and O–H groups in total. The maximum Gasteiger partial charge on any atom is 0.222 e. The van der Waals surface area contributed by atoms with Crippen molar-refractivity contribution in [2.75, 3.05) is 6.61 Å². The van der Waals surface area contributed by atoms with Crippen molar-refractivity contribution in [2.45, 2.75) is 353 Å². The number of allylic oxidation sites excluding steroid dienone is 9. The molecule has 0 aromatic carbocycles. The first-order chi connectivity index (χ1) is 35.5. The Morgan fingerprint density at radius 2 is 0.639 bits per heavy atom. The van der Waals surface area contributed by atoms with E-state index in [1.165, 1.54) is 263 Å². The SMILES string of the molecule is CCCCCCCCCCCCC/C=C\C/C=C\CCCCCCCCCCCCCCCCCC(O)CC(=O)NC(CO)C(O)/C=C/CC/C=C/CC/C=C/CCCCCCCCCCCCCCCC. The smallest absolute Gasteiger partial charge is 0.222 e. The fraction of sp³-hybridized carbons (Fsp3) is 0.836. The molecule has 0 bridgehead atoms. The van der Waals surface area contributed by atoms with Crippen LogP contribution in [0.3, 0.4) is 0 Å². The number of aliphatic hydroxyl groups is 3. The van der Waals surface area contributed by atoms with E-state index in [0.717, 1.165) is 44.9 Å². The van der Waals surface area contributed by atoms with Crippen LogP contribution >= 0.6 is 0 Å². The third-order valence-electron chi connectivity index (χ3n) is 14.8. The maximum absolute atomic E-state index is 12.6. The molecule has 0 saturated heterocycles. The molecule has 0 aromatic heterocycles. The molecule has 0 spiro atoms. The Kier molecular flexibility index (Phi) is 59.9. The van der Waals surface area contributed by atoms with Gasteiger partial charge in [0, 0.05) is 0 Å². The summed E-state index contributed by atoms with van der Waals surface area (Å²) >= 11 is 0. The van der Waals surface area contributed by atoms with Crippen molar-refractivity contribution in [2.24, 2.45) is 0 Å². The Morgan fingerprint density at radius 3 is 0.972 bits per heavy atom. The van der Waals surface area contributed by atoms with Gasteiger partial charge in [-0.3, -0.25) is 4.79 Å². The van der Waals surface area contributed by atoms with Gasteiger partial charge in [-0.05, 0) is 77.0 Å². The Labute approximate surface area is 449 Å². The van der Waals surface area contributed by atoms with Crippen LogP contribution in [-0.4, -0.2) is 46.1 Å². The molecule has 0 aliphatic rings. The van der Waals surface area contributed by atoms with Crippen molar-refractivity contribution in [1.29, 1.82) is 0 Å². The second-order valence-corrected chi connectivity index (χ2v) is 22.0. The minimum atomic E-state index is -0.963. The summed E-state index contributed by atoms with van der Waals surface area (Å²) in [6.45, 7) is 4.23. The molecule has 0 aliphatic carbocycles. The molecule has 1 amide bonds. The second kappa shape index (κ2) is 61.6. The molecule has 0 fully saturated rings. The molecular weight excluding hydrogens is 883 g/mol. The van der Waals surface area contributed by atoms with Crippen molar-refractivity contribution < 1.29 is 20.1 Å². The topological polar surface area (TPSA) is 89.8 Å². The van der Waals surface area contributed by atoms with Crippen LogP contribution in [0.4, 0.5) is 0 Å². The van der Waals surface area contributed by atoms with E-state index in [4.69, 9.17) is 0 Å². The summed E-state index contributed by atoms with van der Waals surface area (Å²) in [5.41, 5.74) is 0. The molecule has 422 valence electrons. The molecule has 0 rings (SSSR count). The lowest BCUT2D eigenvalue weighted by atomic mass is 10.0. The van der Waals surface area contributed by atoms with Crippen LogP contribution in [-0.2, 0) is 4.79 Å². The predicted molar refractivity (Wildman–Crippen MR) is 319 cm³/mol. The van der Waals surface area contributed by atoms with E-state index in [0.29, 0.717) is 6.42 Å². The first-order valence-corrected chi connectivity index (χ1v) is 32.1. The highest BCUT2D eigenvalue weighted by atomic mass is 16.3. The summed E-state index contributed by atoms with van der Waals surface area (Å²) in [5, 5.41) is 33.5. The Hall–Kier alpha value is -1.95. The van der Waals surface area contributed by atoms with Gasteiger partial charge in [-0.2, -0.15) is 0 Å². The lowest BCUT2D eigenvalue weighted by molar-refractivity contribution is -0.124. The number of nitrogens with one attached hydrogen (secondary N) is 1. The summed E-state index contributed by atoms with van der Waals surface area (Å²) < 4.78 is 0. The molecule has 3 unspecified atom stereocenters. The van der Waals surface area contributed by atoms with Gasteiger partial charge in [-0.25, -0.2) is 0 Å². The number of hydrogen-bond acceptors (Lipinski definition) is 4. The van der Waals surface area contributed by atoms with Crippen LogP contribution < -0.4 is 5.32 Å². The number of rotatable bonds is 59. The van der Waals surface area contributed by atoms with Gasteiger partial charge >= 0.3 is 0 Å². The third-order valence-corrected chi connectivity index (χ3v) is 14.8. The van der Waals surface area contributed by atoms with Gasteiger partial charge in [-0.15, -0.1) is 0 Å². The van der Waals surface area contributed by atoms with Crippen molar-refractivity contribution in [3.8, 4) is 0 Å². The molecule has 5 nitrogen and oxygen atoms in total. The quantitative estimate of drug-likeness (QED) is 0.0361. The van der Waals surface area contributed by atoms with Crippen molar-refractivity contribution in [3.05, 3.63) is 60.8 Å². The van der Waals surface area contributed by atoms with Crippen LogP contribution in [0.5, 0.6) is 0 Å². The second-order valence-electron chi connectivity index (χ2n) is 22.0. The van der Waals surface area contributed by atoms with Crippen LogP contribution in [0.1, 0.15) is 335 Å². The third kappa shape index (κ3) is 57.3. The zero-order valence-electron chi connectivity index (χ0n) is 48.3. The molecule has 72 heavy (non-hydrogen) atoms. The zero-order valence-corrected chi connectivity index (χ0v) is 48.3. The summed E-state index contributed by atoms with van der Waals surface area (Å²) in [5.74, 6) is -0.326. The molecule has 0 radical (unpaired) electrons. The minimum Gasteiger partial charge on any atom is -0.394 e. The van der Waals surface area contributed by atoms with Gasteiger partial charge in [0.05, 0.1) is 31.3 Å². The van der Waals surface area contributed by atoms with Crippen LogP contribution in [0.25, 0.3) is 0 Å². The highest BCUT2D eigenvalue weighted by Crippen LogP contribution is 2.17. The maximum atomic E-state index is 12.6. The van der Waals surface area contributed by atoms with Gasteiger partial charge in [0.25, 0.3) is 0 Å². The van der Waals surface area contributed by atoms with Crippen molar-refractivity contribution >= 4 is 5.91 Å². The van der Waals surface area contributed by atoms with E-state index in [2.05, 4.69) is 67.8 Å². The van der Waals surface area contributed by atoms with E-state index in [-0.39, 0.29) is 18.9 Å². The molecule has 5 heteroatoms. The fourth-order valence-corrected chi connectivity index (χ4v) is 9.88. The van der Waals surface area contributed by atoms with Gasteiger partial charge < -0.3 is 20.6 Å². The number of unbranched alkanes of at least 4 members (excludes halogenated alkanes) is 42. The first-order valence-electron chi connectivity index (χ1n) is 32.1. The Balaban J connectivity index is 3.58. The summed E-state index contributed by atoms with van der Waals surface area (Å²) in [4.78, 5) is 12.6. The van der Waals surface area contributed by atoms with Crippen LogP contribution in [0.2, 0.25) is 0 Å². The Bertz CT molecular complexity index is 1210.